The summed E-state index contributed by atoms with van der Waals surface area (Å²) in [6.07, 6.45) is 5.18. The van der Waals surface area contributed by atoms with Crippen LogP contribution in [-0.2, 0) is 0 Å². The van der Waals surface area contributed by atoms with Gasteiger partial charge in [0.25, 0.3) is 0 Å². The van der Waals surface area contributed by atoms with E-state index in [4.69, 9.17) is 0 Å². The van der Waals surface area contributed by atoms with Crippen molar-refractivity contribution in [1.82, 2.24) is 4.90 Å². The molecule has 0 aliphatic rings. The van der Waals surface area contributed by atoms with Crippen molar-refractivity contribution >= 4 is 12.6 Å². The van der Waals surface area contributed by atoms with Gasteiger partial charge in [-0.2, -0.15) is 12.6 Å². The first kappa shape index (κ1) is 14.3. The first-order chi connectivity index (χ1) is 6.65. The molecule has 0 saturated heterocycles. The molecule has 0 heterocycles. The van der Waals surface area contributed by atoms with Crippen LogP contribution in [0.1, 0.15) is 46.5 Å². The van der Waals surface area contributed by atoms with Crippen LogP contribution in [-0.4, -0.2) is 30.3 Å². The van der Waals surface area contributed by atoms with Gasteiger partial charge < -0.3 is 4.90 Å². The molecular formula is C12H27NS. The second-order valence-corrected chi connectivity index (χ2v) is 4.78. The standard InChI is InChI=1S/C12H27NS/c1-5-7-11(3)13(4)9-12(10-14)8-6-2/h11-12,14H,5-10H2,1-4H3. The van der Waals surface area contributed by atoms with Crippen molar-refractivity contribution in [1.29, 1.82) is 0 Å². The highest BCUT2D eigenvalue weighted by molar-refractivity contribution is 7.80. The molecule has 2 heteroatoms. The molecule has 0 saturated carbocycles. The van der Waals surface area contributed by atoms with Crippen LogP contribution in [0.4, 0.5) is 0 Å². The zero-order valence-electron chi connectivity index (χ0n) is 10.3. The Hall–Kier alpha value is 0.310. The molecule has 0 fully saturated rings. The van der Waals surface area contributed by atoms with Crippen LogP contribution in [0.5, 0.6) is 0 Å². The maximum atomic E-state index is 4.42. The Morgan fingerprint density at radius 3 is 2.14 bits per heavy atom. The number of thiol groups is 1. The molecular weight excluding hydrogens is 190 g/mol. The summed E-state index contributed by atoms with van der Waals surface area (Å²) in [5.74, 6) is 1.80. The molecule has 2 atom stereocenters. The molecule has 0 aliphatic heterocycles. The zero-order valence-corrected chi connectivity index (χ0v) is 11.2. The Balaban J connectivity index is 3.81. The van der Waals surface area contributed by atoms with E-state index in [-0.39, 0.29) is 0 Å². The van der Waals surface area contributed by atoms with E-state index in [1.165, 1.54) is 32.2 Å². The highest BCUT2D eigenvalue weighted by atomic mass is 32.1. The van der Waals surface area contributed by atoms with Crippen molar-refractivity contribution < 1.29 is 0 Å². The largest absolute Gasteiger partial charge is 0.303 e. The second kappa shape index (κ2) is 8.60. The normalized spacial score (nSPS) is 15.9. The zero-order chi connectivity index (χ0) is 11.0. The third-order valence-electron chi connectivity index (χ3n) is 2.96. The van der Waals surface area contributed by atoms with Crippen LogP contribution in [0.15, 0.2) is 0 Å². The molecule has 0 aromatic heterocycles. The molecule has 0 aromatic rings. The molecule has 0 amide bonds. The average molecular weight is 217 g/mol. The lowest BCUT2D eigenvalue weighted by Crippen LogP contribution is -2.34. The van der Waals surface area contributed by atoms with E-state index in [1.54, 1.807) is 0 Å². The SMILES string of the molecule is CCCC(CS)CN(C)C(C)CCC. The van der Waals surface area contributed by atoms with Crippen molar-refractivity contribution in [2.45, 2.75) is 52.5 Å². The Bertz CT molecular complexity index is 127. The van der Waals surface area contributed by atoms with E-state index in [2.05, 4.69) is 45.3 Å². The minimum Gasteiger partial charge on any atom is -0.303 e. The van der Waals surface area contributed by atoms with Crippen LogP contribution >= 0.6 is 12.6 Å². The molecule has 2 unspecified atom stereocenters. The number of hydrogen-bond acceptors (Lipinski definition) is 2. The quantitative estimate of drug-likeness (QED) is 0.610. The lowest BCUT2D eigenvalue weighted by molar-refractivity contribution is 0.211. The minimum atomic E-state index is 0.722. The molecule has 0 spiro atoms. The van der Waals surface area contributed by atoms with E-state index >= 15 is 0 Å². The van der Waals surface area contributed by atoms with E-state index < -0.39 is 0 Å². The average Bonchev–Trinajstić information content (AvgIpc) is 2.17. The first-order valence-electron chi connectivity index (χ1n) is 5.96. The van der Waals surface area contributed by atoms with Crippen LogP contribution < -0.4 is 0 Å². The predicted octanol–water partition coefficient (Wildman–Crippen LogP) is 3.45. The third-order valence-corrected chi connectivity index (χ3v) is 3.48. The van der Waals surface area contributed by atoms with Crippen molar-refractivity contribution in [3.05, 3.63) is 0 Å². The third kappa shape index (κ3) is 5.92. The first-order valence-corrected chi connectivity index (χ1v) is 6.59. The molecule has 0 rings (SSSR count). The summed E-state index contributed by atoms with van der Waals surface area (Å²) in [7, 11) is 2.24. The molecule has 0 aromatic carbocycles. The summed E-state index contributed by atoms with van der Waals surface area (Å²) >= 11 is 4.42. The van der Waals surface area contributed by atoms with Gasteiger partial charge in [0, 0.05) is 12.6 Å². The van der Waals surface area contributed by atoms with Gasteiger partial charge in [-0.3, -0.25) is 0 Å². The molecule has 86 valence electrons. The maximum absolute atomic E-state index is 4.42. The Kier molecular flexibility index (Phi) is 8.80. The van der Waals surface area contributed by atoms with Crippen molar-refractivity contribution in [2.24, 2.45) is 5.92 Å². The topological polar surface area (TPSA) is 3.24 Å². The Morgan fingerprint density at radius 1 is 1.14 bits per heavy atom. The fraction of sp³-hybridized carbons (Fsp3) is 1.00. The van der Waals surface area contributed by atoms with E-state index in [0.717, 1.165) is 17.7 Å². The van der Waals surface area contributed by atoms with E-state index in [1.807, 2.05) is 0 Å². The summed E-state index contributed by atoms with van der Waals surface area (Å²) in [5.41, 5.74) is 0. The Morgan fingerprint density at radius 2 is 1.71 bits per heavy atom. The van der Waals surface area contributed by atoms with Gasteiger partial charge in [0.2, 0.25) is 0 Å². The predicted molar refractivity (Wildman–Crippen MR) is 69.3 cm³/mol. The number of rotatable bonds is 8. The van der Waals surface area contributed by atoms with Crippen LogP contribution in [0, 0.1) is 5.92 Å². The summed E-state index contributed by atoms with van der Waals surface area (Å²) in [5, 5.41) is 0. The molecule has 1 nitrogen and oxygen atoms in total. The number of nitrogens with zero attached hydrogens (tertiary/aromatic N) is 1. The van der Waals surface area contributed by atoms with Gasteiger partial charge in [-0.25, -0.2) is 0 Å². The number of hydrogen-bond donors (Lipinski definition) is 1. The van der Waals surface area contributed by atoms with E-state index in [9.17, 15) is 0 Å². The fourth-order valence-electron chi connectivity index (χ4n) is 1.87. The molecule has 0 radical (unpaired) electrons. The lowest BCUT2D eigenvalue weighted by atomic mass is 10.0. The second-order valence-electron chi connectivity index (χ2n) is 4.41. The van der Waals surface area contributed by atoms with Gasteiger partial charge in [0.05, 0.1) is 0 Å². The van der Waals surface area contributed by atoms with Crippen LogP contribution in [0.2, 0.25) is 0 Å². The molecule has 0 N–H and O–H groups in total. The van der Waals surface area contributed by atoms with Gasteiger partial charge in [-0.05, 0) is 38.5 Å². The van der Waals surface area contributed by atoms with Crippen LogP contribution in [0.3, 0.4) is 0 Å². The smallest absolute Gasteiger partial charge is 0.00639 e. The molecule has 0 bridgehead atoms. The highest BCUT2D eigenvalue weighted by Gasteiger charge is 2.13. The fourth-order valence-corrected chi connectivity index (χ4v) is 2.17. The lowest BCUT2D eigenvalue weighted by Gasteiger charge is -2.28. The van der Waals surface area contributed by atoms with Crippen molar-refractivity contribution in [3.63, 3.8) is 0 Å². The summed E-state index contributed by atoms with van der Waals surface area (Å²) in [6, 6.07) is 0.722. The summed E-state index contributed by atoms with van der Waals surface area (Å²) in [6.45, 7) is 8.04. The molecule has 14 heavy (non-hydrogen) atoms. The van der Waals surface area contributed by atoms with Gasteiger partial charge >= 0.3 is 0 Å². The summed E-state index contributed by atoms with van der Waals surface area (Å²) in [4.78, 5) is 2.49. The Labute approximate surface area is 95.7 Å². The highest BCUT2D eigenvalue weighted by Crippen LogP contribution is 2.13. The van der Waals surface area contributed by atoms with Crippen molar-refractivity contribution in [2.75, 3.05) is 19.3 Å². The summed E-state index contributed by atoms with van der Waals surface area (Å²) < 4.78 is 0. The van der Waals surface area contributed by atoms with Crippen molar-refractivity contribution in [3.8, 4) is 0 Å². The van der Waals surface area contributed by atoms with Gasteiger partial charge in [-0.1, -0.05) is 26.7 Å². The van der Waals surface area contributed by atoms with Crippen LogP contribution in [0.25, 0.3) is 0 Å². The maximum Gasteiger partial charge on any atom is 0.00639 e. The van der Waals surface area contributed by atoms with E-state index in [0.29, 0.717) is 0 Å². The van der Waals surface area contributed by atoms with Gasteiger partial charge in [0.15, 0.2) is 0 Å². The van der Waals surface area contributed by atoms with Gasteiger partial charge in [0.1, 0.15) is 0 Å². The minimum absolute atomic E-state index is 0.722. The van der Waals surface area contributed by atoms with Gasteiger partial charge in [-0.15, -0.1) is 0 Å². The monoisotopic (exact) mass is 217 g/mol. The molecule has 0 aliphatic carbocycles.